The predicted octanol–water partition coefficient (Wildman–Crippen LogP) is 2.86. The summed E-state index contributed by atoms with van der Waals surface area (Å²) in [5.41, 5.74) is 0.955. The van der Waals surface area contributed by atoms with Crippen LogP contribution in [0.25, 0.3) is 0 Å². The lowest BCUT2D eigenvalue weighted by atomic mass is 9.80. The highest BCUT2D eigenvalue weighted by Crippen LogP contribution is 2.36. The summed E-state index contributed by atoms with van der Waals surface area (Å²) in [6.45, 7) is 11.7. The van der Waals surface area contributed by atoms with Crippen LogP contribution in [0.15, 0.2) is 18.2 Å². The first-order chi connectivity index (χ1) is 11.8. The molecule has 0 aliphatic rings. The van der Waals surface area contributed by atoms with Gasteiger partial charge in [-0.2, -0.15) is 0 Å². The van der Waals surface area contributed by atoms with E-state index >= 15 is 0 Å². The van der Waals surface area contributed by atoms with E-state index in [9.17, 15) is 10.2 Å². The smallest absolute Gasteiger partial charge is 0.327 e. The Balaban J connectivity index is 3.11. The van der Waals surface area contributed by atoms with Gasteiger partial charge in [0.15, 0.2) is 0 Å². The zero-order valence-electron chi connectivity index (χ0n) is 16.6. The van der Waals surface area contributed by atoms with E-state index in [4.69, 9.17) is 19.0 Å². The second-order valence-corrected chi connectivity index (χ2v) is 9.61. The molecule has 0 aliphatic heterocycles. The van der Waals surface area contributed by atoms with E-state index in [-0.39, 0.29) is 24.0 Å². The van der Waals surface area contributed by atoms with Gasteiger partial charge in [0, 0.05) is 0 Å². The van der Waals surface area contributed by atoms with Gasteiger partial charge in [-0.3, -0.25) is 0 Å². The Morgan fingerprint density at radius 1 is 0.885 bits per heavy atom. The fraction of sp³-hybridized carbons (Fsp3) is 0.684. The van der Waals surface area contributed by atoms with Crippen molar-refractivity contribution in [1.82, 2.24) is 0 Å². The monoisotopic (exact) mass is 388 g/mol. The van der Waals surface area contributed by atoms with Crippen molar-refractivity contribution >= 4 is 8.60 Å². The van der Waals surface area contributed by atoms with Crippen molar-refractivity contribution in [3.05, 3.63) is 29.3 Å². The average Bonchev–Trinajstić information content (AvgIpc) is 2.53. The largest absolute Gasteiger partial charge is 0.492 e. The summed E-state index contributed by atoms with van der Waals surface area (Å²) in [4.78, 5) is 17.9. The molecule has 1 rings (SSSR count). The van der Waals surface area contributed by atoms with E-state index in [0.29, 0.717) is 5.75 Å². The molecule has 0 saturated carbocycles. The highest BCUT2D eigenvalue weighted by atomic mass is 31.2. The van der Waals surface area contributed by atoms with Crippen LogP contribution in [0.3, 0.4) is 0 Å². The van der Waals surface area contributed by atoms with Crippen LogP contribution < -0.4 is 4.74 Å². The van der Waals surface area contributed by atoms with Crippen LogP contribution in [0.2, 0.25) is 0 Å². The van der Waals surface area contributed by atoms with Crippen LogP contribution in [0.5, 0.6) is 5.75 Å². The third kappa shape index (κ3) is 6.45. The molecule has 0 radical (unpaired) electrons. The van der Waals surface area contributed by atoms with Crippen LogP contribution in [0.1, 0.15) is 52.7 Å². The van der Waals surface area contributed by atoms with Crippen molar-refractivity contribution in [2.75, 3.05) is 26.4 Å². The van der Waals surface area contributed by atoms with Gasteiger partial charge in [0.25, 0.3) is 0 Å². The molecule has 0 bridgehead atoms. The minimum atomic E-state index is -2.56. The summed E-state index contributed by atoms with van der Waals surface area (Å²) in [6, 6.07) is 6.06. The van der Waals surface area contributed by atoms with Crippen molar-refractivity contribution in [2.24, 2.45) is 5.41 Å². The van der Waals surface area contributed by atoms with Crippen molar-refractivity contribution in [2.45, 2.75) is 52.4 Å². The van der Waals surface area contributed by atoms with Gasteiger partial charge in [-0.05, 0) is 28.0 Å². The molecule has 0 amide bonds. The molecule has 0 saturated heterocycles. The third-order valence-corrected chi connectivity index (χ3v) is 4.70. The Kier molecular flexibility index (Phi) is 8.03. The first kappa shape index (κ1) is 23.3. The van der Waals surface area contributed by atoms with E-state index in [1.165, 1.54) is 5.56 Å². The van der Waals surface area contributed by atoms with Gasteiger partial charge in [-0.25, -0.2) is 0 Å². The van der Waals surface area contributed by atoms with E-state index in [2.05, 4.69) is 47.6 Å². The molecule has 0 aromatic heterocycles. The number of ether oxygens (including phenoxy) is 1. The Morgan fingerprint density at radius 2 is 1.46 bits per heavy atom. The number of rotatable bonds is 8. The molecule has 1 aromatic carbocycles. The normalized spacial score (nSPS) is 13.3. The van der Waals surface area contributed by atoms with E-state index in [1.54, 1.807) is 0 Å². The molecule has 0 fully saturated rings. The summed E-state index contributed by atoms with van der Waals surface area (Å²) in [7, 11) is -2.56. The predicted molar refractivity (Wildman–Crippen MR) is 103 cm³/mol. The van der Waals surface area contributed by atoms with Crippen LogP contribution in [0.4, 0.5) is 0 Å². The van der Waals surface area contributed by atoms with Crippen LogP contribution >= 0.6 is 8.60 Å². The highest BCUT2D eigenvalue weighted by molar-refractivity contribution is 7.39. The summed E-state index contributed by atoms with van der Waals surface area (Å²) >= 11 is 0. The lowest BCUT2D eigenvalue weighted by Crippen LogP contribution is -2.40. The van der Waals surface area contributed by atoms with E-state index in [1.807, 2.05) is 12.1 Å². The molecule has 0 atom stereocenters. The molecule has 0 aliphatic carbocycles. The molecule has 0 spiro atoms. The zero-order chi connectivity index (χ0) is 20.2. The van der Waals surface area contributed by atoms with Crippen molar-refractivity contribution in [3.8, 4) is 5.75 Å². The molecule has 6 nitrogen and oxygen atoms in total. The van der Waals surface area contributed by atoms with Gasteiger partial charge < -0.3 is 29.3 Å². The summed E-state index contributed by atoms with van der Waals surface area (Å²) in [6.07, 6.45) is 0. The Morgan fingerprint density at radius 3 is 1.88 bits per heavy atom. The summed E-state index contributed by atoms with van der Waals surface area (Å²) < 4.78 is 10.8. The van der Waals surface area contributed by atoms with Crippen LogP contribution in [0, 0.1) is 5.41 Å². The highest BCUT2D eigenvalue weighted by Gasteiger charge is 2.33. The number of aliphatic hydroxyl groups is 2. The number of hydrogen-bond donors (Lipinski definition) is 4. The lowest BCUT2D eigenvalue weighted by molar-refractivity contribution is -0.0213. The minimum Gasteiger partial charge on any atom is -0.492 e. The van der Waals surface area contributed by atoms with Gasteiger partial charge in [0.1, 0.15) is 12.4 Å². The second kappa shape index (κ2) is 8.96. The summed E-state index contributed by atoms with van der Waals surface area (Å²) in [5.74, 6) is 0.673. The molecule has 150 valence electrons. The lowest BCUT2D eigenvalue weighted by Gasteiger charge is -2.32. The molecule has 0 unspecified atom stereocenters. The maximum atomic E-state index is 9.67. The van der Waals surface area contributed by atoms with Crippen molar-refractivity contribution in [3.63, 3.8) is 0 Å². The van der Waals surface area contributed by atoms with Crippen LogP contribution in [-0.2, 0) is 15.4 Å². The molecule has 4 N–H and O–H groups in total. The molecule has 7 heteroatoms. The topological polar surface area (TPSA) is 99.4 Å². The number of aliphatic hydroxyl groups excluding tert-OH is 2. The van der Waals surface area contributed by atoms with Crippen molar-refractivity contribution in [1.29, 1.82) is 0 Å². The molecule has 0 heterocycles. The minimum absolute atomic E-state index is 0.00570. The van der Waals surface area contributed by atoms with Gasteiger partial charge in [0.05, 0.1) is 25.2 Å². The SMILES string of the molecule is CC(C)(C)c1ccc(OCC(CO)(CO)COP(O)O)c(C(C)(C)C)c1. The number of benzene rings is 1. The third-order valence-electron chi connectivity index (χ3n) is 4.34. The molecule has 26 heavy (non-hydrogen) atoms. The molecule has 1 aromatic rings. The van der Waals surface area contributed by atoms with Gasteiger partial charge in [0.2, 0.25) is 0 Å². The first-order valence-electron chi connectivity index (χ1n) is 8.65. The standard InChI is InChI=1S/C19H33O6P/c1-17(2,3)14-7-8-16(15(9-14)18(4,5)6)24-12-19(10-20,11-21)13-25-26(22)23/h7-9,20-23H,10-13H2,1-6H3. The Labute approximate surface area is 157 Å². The van der Waals surface area contributed by atoms with Crippen molar-refractivity contribution < 1.29 is 29.3 Å². The molecular formula is C19H33O6P. The Bertz CT molecular complexity index is 570. The first-order valence-corrected chi connectivity index (χ1v) is 9.81. The fourth-order valence-corrected chi connectivity index (χ4v) is 2.80. The van der Waals surface area contributed by atoms with Gasteiger partial charge in [-0.1, -0.05) is 53.7 Å². The zero-order valence-corrected chi connectivity index (χ0v) is 17.5. The molecular weight excluding hydrogens is 355 g/mol. The fourth-order valence-electron chi connectivity index (χ4n) is 2.41. The maximum absolute atomic E-state index is 9.67. The van der Waals surface area contributed by atoms with Gasteiger partial charge >= 0.3 is 8.60 Å². The van der Waals surface area contributed by atoms with E-state index < -0.39 is 27.2 Å². The van der Waals surface area contributed by atoms with Crippen LogP contribution in [-0.4, -0.2) is 46.4 Å². The van der Waals surface area contributed by atoms with Gasteiger partial charge in [-0.15, -0.1) is 0 Å². The average molecular weight is 388 g/mol. The maximum Gasteiger partial charge on any atom is 0.327 e. The Hall–Kier alpha value is -0.750. The summed E-state index contributed by atoms with van der Waals surface area (Å²) in [5, 5.41) is 19.3. The quantitative estimate of drug-likeness (QED) is 0.511. The second-order valence-electron chi connectivity index (χ2n) is 8.84. The number of hydrogen-bond acceptors (Lipinski definition) is 6. The van der Waals surface area contributed by atoms with E-state index in [0.717, 1.165) is 5.56 Å².